The Morgan fingerprint density at radius 2 is 2.00 bits per heavy atom. The van der Waals surface area contributed by atoms with Crippen LogP contribution in [0.25, 0.3) is 0 Å². The van der Waals surface area contributed by atoms with E-state index >= 15 is 0 Å². The van der Waals surface area contributed by atoms with Crippen LogP contribution in [0.3, 0.4) is 0 Å². The molecule has 0 aliphatic heterocycles. The second kappa shape index (κ2) is 3.64. The van der Waals surface area contributed by atoms with Gasteiger partial charge in [-0.05, 0) is 54.4 Å². The highest BCUT2D eigenvalue weighted by molar-refractivity contribution is 5.61. The lowest BCUT2D eigenvalue weighted by Crippen LogP contribution is -2.03. The summed E-state index contributed by atoms with van der Waals surface area (Å²) in [6, 6.07) is 2.39. The molecular weight excluding hydrogens is 170 g/mol. The maximum absolute atomic E-state index is 6.22. The summed E-state index contributed by atoms with van der Waals surface area (Å²) in [5, 5.41) is 0. The first-order valence-electron chi connectivity index (χ1n) is 5.69. The van der Waals surface area contributed by atoms with Crippen molar-refractivity contribution >= 4 is 5.69 Å². The number of aryl methyl sites for hydroxylation is 2. The predicted octanol–water partition coefficient (Wildman–Crippen LogP) is 2.88. The SMILES string of the molecule is CCc1cc2c(c(N)c1CC)CCC2. The summed E-state index contributed by atoms with van der Waals surface area (Å²) >= 11 is 0. The van der Waals surface area contributed by atoms with E-state index in [2.05, 4.69) is 19.9 Å². The van der Waals surface area contributed by atoms with Crippen LogP contribution in [0, 0.1) is 0 Å². The maximum Gasteiger partial charge on any atom is 0.0384 e. The van der Waals surface area contributed by atoms with E-state index in [0.29, 0.717) is 0 Å². The molecule has 0 heterocycles. The topological polar surface area (TPSA) is 26.0 Å². The molecule has 0 saturated carbocycles. The Balaban J connectivity index is 2.60. The third kappa shape index (κ3) is 1.31. The van der Waals surface area contributed by atoms with Gasteiger partial charge in [-0.25, -0.2) is 0 Å². The van der Waals surface area contributed by atoms with Crippen LogP contribution < -0.4 is 5.73 Å². The zero-order valence-electron chi connectivity index (χ0n) is 9.19. The fourth-order valence-corrected chi connectivity index (χ4v) is 2.62. The van der Waals surface area contributed by atoms with Crippen molar-refractivity contribution in [1.29, 1.82) is 0 Å². The van der Waals surface area contributed by atoms with Crippen molar-refractivity contribution in [2.45, 2.75) is 46.0 Å². The molecule has 0 saturated heterocycles. The van der Waals surface area contributed by atoms with E-state index in [9.17, 15) is 0 Å². The molecule has 0 fully saturated rings. The largest absolute Gasteiger partial charge is 0.398 e. The van der Waals surface area contributed by atoms with Gasteiger partial charge in [0.2, 0.25) is 0 Å². The molecule has 1 nitrogen and oxygen atoms in total. The highest BCUT2D eigenvalue weighted by Gasteiger charge is 2.17. The van der Waals surface area contributed by atoms with E-state index in [1.165, 1.54) is 41.5 Å². The molecule has 1 heteroatoms. The summed E-state index contributed by atoms with van der Waals surface area (Å²) < 4.78 is 0. The van der Waals surface area contributed by atoms with Crippen LogP contribution in [0.1, 0.15) is 42.5 Å². The smallest absolute Gasteiger partial charge is 0.0384 e. The van der Waals surface area contributed by atoms with E-state index in [1.807, 2.05) is 0 Å². The van der Waals surface area contributed by atoms with Crippen molar-refractivity contribution < 1.29 is 0 Å². The van der Waals surface area contributed by atoms with Crippen LogP contribution in [-0.2, 0) is 25.7 Å². The van der Waals surface area contributed by atoms with Gasteiger partial charge in [-0.1, -0.05) is 19.9 Å². The Morgan fingerprint density at radius 3 is 2.64 bits per heavy atom. The molecule has 0 atom stereocenters. The molecule has 0 unspecified atom stereocenters. The molecule has 1 aromatic carbocycles. The molecule has 0 spiro atoms. The number of rotatable bonds is 2. The number of hydrogen-bond donors (Lipinski definition) is 1. The lowest BCUT2D eigenvalue weighted by Gasteiger charge is -2.14. The highest BCUT2D eigenvalue weighted by atomic mass is 14.6. The monoisotopic (exact) mass is 189 g/mol. The normalized spacial score (nSPS) is 14.4. The van der Waals surface area contributed by atoms with Crippen molar-refractivity contribution in [3.8, 4) is 0 Å². The second-order valence-corrected chi connectivity index (χ2v) is 4.13. The van der Waals surface area contributed by atoms with Gasteiger partial charge in [0.05, 0.1) is 0 Å². The number of nitrogen functional groups attached to an aromatic ring is 1. The van der Waals surface area contributed by atoms with Crippen molar-refractivity contribution in [1.82, 2.24) is 0 Å². The van der Waals surface area contributed by atoms with E-state index in [0.717, 1.165) is 18.5 Å². The van der Waals surface area contributed by atoms with Gasteiger partial charge in [-0.2, -0.15) is 0 Å². The van der Waals surface area contributed by atoms with E-state index in [-0.39, 0.29) is 0 Å². The lowest BCUT2D eigenvalue weighted by atomic mass is 9.94. The van der Waals surface area contributed by atoms with Crippen LogP contribution >= 0.6 is 0 Å². The molecule has 2 rings (SSSR count). The Kier molecular flexibility index (Phi) is 2.49. The van der Waals surface area contributed by atoms with Crippen LogP contribution in [0.5, 0.6) is 0 Å². The van der Waals surface area contributed by atoms with Crippen LogP contribution in [0.4, 0.5) is 5.69 Å². The van der Waals surface area contributed by atoms with Crippen LogP contribution in [-0.4, -0.2) is 0 Å². The molecule has 14 heavy (non-hydrogen) atoms. The number of nitrogens with two attached hydrogens (primary N) is 1. The van der Waals surface area contributed by atoms with Gasteiger partial charge in [0.1, 0.15) is 0 Å². The molecule has 1 aliphatic carbocycles. The summed E-state index contributed by atoms with van der Waals surface area (Å²) in [7, 11) is 0. The second-order valence-electron chi connectivity index (χ2n) is 4.13. The van der Waals surface area contributed by atoms with Crippen molar-refractivity contribution in [2.24, 2.45) is 0 Å². The molecule has 0 amide bonds. The highest BCUT2D eigenvalue weighted by Crippen LogP contribution is 2.32. The van der Waals surface area contributed by atoms with E-state index in [4.69, 9.17) is 5.73 Å². The molecular formula is C13H19N. The van der Waals surface area contributed by atoms with Gasteiger partial charge in [-0.15, -0.1) is 0 Å². The Labute approximate surface area is 86.3 Å². The first kappa shape index (κ1) is 9.57. The summed E-state index contributed by atoms with van der Waals surface area (Å²) in [6.07, 6.45) is 5.90. The van der Waals surface area contributed by atoms with Gasteiger partial charge in [0, 0.05) is 5.69 Å². The fraction of sp³-hybridized carbons (Fsp3) is 0.538. The summed E-state index contributed by atoms with van der Waals surface area (Å²) in [5.41, 5.74) is 13.1. The molecule has 0 radical (unpaired) electrons. The number of fused-ring (bicyclic) bond motifs is 1. The number of hydrogen-bond acceptors (Lipinski definition) is 1. The van der Waals surface area contributed by atoms with Gasteiger partial charge < -0.3 is 5.73 Å². The number of benzene rings is 1. The molecule has 0 aromatic heterocycles. The van der Waals surface area contributed by atoms with Gasteiger partial charge >= 0.3 is 0 Å². The van der Waals surface area contributed by atoms with E-state index in [1.54, 1.807) is 0 Å². The van der Waals surface area contributed by atoms with Crippen molar-refractivity contribution in [2.75, 3.05) is 5.73 Å². The zero-order chi connectivity index (χ0) is 10.1. The van der Waals surface area contributed by atoms with Gasteiger partial charge in [0.25, 0.3) is 0 Å². The maximum atomic E-state index is 6.22. The van der Waals surface area contributed by atoms with Crippen molar-refractivity contribution in [3.63, 3.8) is 0 Å². The fourth-order valence-electron chi connectivity index (χ4n) is 2.62. The minimum Gasteiger partial charge on any atom is -0.398 e. The molecule has 76 valence electrons. The number of anilines is 1. The van der Waals surface area contributed by atoms with E-state index < -0.39 is 0 Å². The average molecular weight is 189 g/mol. The quantitative estimate of drug-likeness (QED) is 0.711. The summed E-state index contributed by atoms with van der Waals surface area (Å²) in [5.74, 6) is 0. The Morgan fingerprint density at radius 1 is 1.21 bits per heavy atom. The minimum absolute atomic E-state index is 1.07. The Bertz CT molecular complexity index is 353. The summed E-state index contributed by atoms with van der Waals surface area (Å²) in [4.78, 5) is 0. The molecule has 1 aromatic rings. The third-order valence-electron chi connectivity index (χ3n) is 3.38. The van der Waals surface area contributed by atoms with Crippen LogP contribution in [0.15, 0.2) is 6.07 Å². The summed E-state index contributed by atoms with van der Waals surface area (Å²) in [6.45, 7) is 4.42. The Hall–Kier alpha value is -0.980. The third-order valence-corrected chi connectivity index (χ3v) is 3.38. The first-order valence-corrected chi connectivity index (χ1v) is 5.69. The molecule has 2 N–H and O–H groups in total. The predicted molar refractivity (Wildman–Crippen MR) is 61.6 cm³/mol. The van der Waals surface area contributed by atoms with Crippen molar-refractivity contribution in [3.05, 3.63) is 28.3 Å². The molecule has 1 aliphatic rings. The van der Waals surface area contributed by atoms with Crippen LogP contribution in [0.2, 0.25) is 0 Å². The van der Waals surface area contributed by atoms with Gasteiger partial charge in [-0.3, -0.25) is 0 Å². The molecule has 0 bridgehead atoms. The minimum atomic E-state index is 1.07. The van der Waals surface area contributed by atoms with Gasteiger partial charge in [0.15, 0.2) is 0 Å². The first-order chi connectivity index (χ1) is 6.77. The lowest BCUT2D eigenvalue weighted by molar-refractivity contribution is 0.912. The standard InChI is InChI=1S/C13H19N/c1-3-9-8-10-6-5-7-12(10)13(14)11(9)4-2/h8H,3-7,14H2,1-2H3. The average Bonchev–Trinajstić information content (AvgIpc) is 2.65. The zero-order valence-corrected chi connectivity index (χ0v) is 9.19.